The highest BCUT2D eigenvalue weighted by atomic mass is 16.7. The molecule has 1 saturated heterocycles. The summed E-state index contributed by atoms with van der Waals surface area (Å²) in [6.45, 7) is 3.55. The summed E-state index contributed by atoms with van der Waals surface area (Å²) < 4.78 is 11.1. The van der Waals surface area contributed by atoms with Gasteiger partial charge in [0.2, 0.25) is 5.91 Å². The SMILES string of the molecule is CCCCCC/C=C/C=C/CCCCCCCC(=O)N[C@@H](COC1OC(CO)C(O)C(O)C1O)[C@H](O)[C@H](O)CCCCCCCCCCCCCC. The minimum Gasteiger partial charge on any atom is -0.394 e. The third-order valence-corrected chi connectivity index (χ3v) is 10.2. The third kappa shape index (κ3) is 23.4. The number of unbranched alkanes of at least 4 members (excludes halogenated alkanes) is 20. The van der Waals surface area contributed by atoms with Gasteiger partial charge in [0.25, 0.3) is 0 Å². The Morgan fingerprint density at radius 3 is 1.69 bits per heavy atom. The van der Waals surface area contributed by atoms with E-state index in [2.05, 4.69) is 43.5 Å². The van der Waals surface area contributed by atoms with E-state index in [0.29, 0.717) is 12.8 Å². The maximum atomic E-state index is 12.9. The quantitative estimate of drug-likeness (QED) is 0.0274. The van der Waals surface area contributed by atoms with Gasteiger partial charge in [-0.3, -0.25) is 4.79 Å². The van der Waals surface area contributed by atoms with Crippen molar-refractivity contribution in [1.29, 1.82) is 0 Å². The van der Waals surface area contributed by atoms with Crippen molar-refractivity contribution >= 4 is 5.91 Å². The Kier molecular flexibility index (Phi) is 30.9. The molecule has 0 aromatic carbocycles. The zero-order chi connectivity index (χ0) is 38.2. The van der Waals surface area contributed by atoms with Crippen LogP contribution in [-0.2, 0) is 14.3 Å². The van der Waals surface area contributed by atoms with E-state index in [4.69, 9.17) is 9.47 Å². The van der Waals surface area contributed by atoms with Gasteiger partial charge < -0.3 is 45.4 Å². The van der Waals surface area contributed by atoms with Crippen molar-refractivity contribution in [3.63, 3.8) is 0 Å². The molecule has 0 radical (unpaired) electrons. The minimum absolute atomic E-state index is 0.265. The molecule has 5 unspecified atom stereocenters. The lowest BCUT2D eigenvalue weighted by molar-refractivity contribution is -0.303. The summed E-state index contributed by atoms with van der Waals surface area (Å²) in [6.07, 6.45) is 26.1. The number of aliphatic hydroxyl groups is 6. The largest absolute Gasteiger partial charge is 0.394 e. The van der Waals surface area contributed by atoms with Gasteiger partial charge in [0, 0.05) is 6.42 Å². The highest BCUT2D eigenvalue weighted by Crippen LogP contribution is 2.23. The van der Waals surface area contributed by atoms with Crippen LogP contribution < -0.4 is 5.32 Å². The molecule has 0 aliphatic carbocycles. The zero-order valence-corrected chi connectivity index (χ0v) is 32.9. The summed E-state index contributed by atoms with van der Waals surface area (Å²) in [7, 11) is 0. The zero-order valence-electron chi connectivity index (χ0n) is 32.9. The van der Waals surface area contributed by atoms with Crippen LogP contribution in [0.15, 0.2) is 24.3 Å². The fourth-order valence-electron chi connectivity index (χ4n) is 6.66. The van der Waals surface area contributed by atoms with E-state index in [9.17, 15) is 35.4 Å². The van der Waals surface area contributed by atoms with Crippen LogP contribution in [0.3, 0.4) is 0 Å². The number of carbonyl (C=O) groups excluding carboxylic acids is 1. The third-order valence-electron chi connectivity index (χ3n) is 10.2. The Morgan fingerprint density at radius 2 is 1.15 bits per heavy atom. The van der Waals surface area contributed by atoms with Gasteiger partial charge in [-0.05, 0) is 38.5 Å². The molecule has 1 fully saturated rings. The first-order chi connectivity index (χ1) is 25.3. The number of allylic oxidation sites excluding steroid dienone is 4. The van der Waals surface area contributed by atoms with Gasteiger partial charge in [-0.25, -0.2) is 0 Å². The number of amides is 1. The number of hydrogen-bond acceptors (Lipinski definition) is 9. The van der Waals surface area contributed by atoms with E-state index in [1.54, 1.807) is 0 Å². The van der Waals surface area contributed by atoms with Crippen LogP contribution >= 0.6 is 0 Å². The van der Waals surface area contributed by atoms with Gasteiger partial charge in [-0.1, -0.05) is 154 Å². The predicted octanol–water partition coefficient (Wildman–Crippen LogP) is 6.91. The molecule has 1 amide bonds. The number of hydrogen-bond donors (Lipinski definition) is 7. The van der Waals surface area contributed by atoms with Crippen molar-refractivity contribution in [2.45, 2.75) is 223 Å². The van der Waals surface area contributed by atoms with Gasteiger partial charge in [0.1, 0.15) is 30.5 Å². The molecule has 8 atom stereocenters. The van der Waals surface area contributed by atoms with Crippen molar-refractivity contribution in [1.82, 2.24) is 5.32 Å². The summed E-state index contributed by atoms with van der Waals surface area (Å²) in [5, 5.41) is 64.9. The van der Waals surface area contributed by atoms with Gasteiger partial charge in [0.05, 0.1) is 25.4 Å². The first kappa shape index (κ1) is 48.6. The highest BCUT2D eigenvalue weighted by molar-refractivity contribution is 5.76. The summed E-state index contributed by atoms with van der Waals surface area (Å²) in [5.41, 5.74) is 0. The molecule has 1 heterocycles. The second-order valence-corrected chi connectivity index (χ2v) is 15.0. The van der Waals surface area contributed by atoms with Gasteiger partial charge in [0.15, 0.2) is 6.29 Å². The van der Waals surface area contributed by atoms with Crippen molar-refractivity contribution in [2.75, 3.05) is 13.2 Å². The molecular formula is C42H79NO9. The van der Waals surface area contributed by atoms with E-state index in [0.717, 1.165) is 64.2 Å². The van der Waals surface area contributed by atoms with Crippen molar-refractivity contribution in [3.05, 3.63) is 24.3 Å². The molecule has 1 rings (SSSR count). The molecule has 10 nitrogen and oxygen atoms in total. The van der Waals surface area contributed by atoms with Crippen LogP contribution in [0.5, 0.6) is 0 Å². The lowest BCUT2D eigenvalue weighted by atomic mass is 9.98. The van der Waals surface area contributed by atoms with Gasteiger partial charge >= 0.3 is 0 Å². The van der Waals surface area contributed by atoms with Crippen molar-refractivity contribution in [2.24, 2.45) is 0 Å². The van der Waals surface area contributed by atoms with Crippen LogP contribution in [0.2, 0.25) is 0 Å². The summed E-state index contributed by atoms with van der Waals surface area (Å²) >= 11 is 0. The molecule has 0 aromatic rings. The van der Waals surface area contributed by atoms with Crippen molar-refractivity contribution in [3.8, 4) is 0 Å². The van der Waals surface area contributed by atoms with E-state index in [1.165, 1.54) is 77.0 Å². The molecule has 0 bridgehead atoms. The van der Waals surface area contributed by atoms with Crippen molar-refractivity contribution < 1.29 is 44.9 Å². The molecule has 306 valence electrons. The van der Waals surface area contributed by atoms with Gasteiger partial charge in [-0.2, -0.15) is 0 Å². The Labute approximate surface area is 316 Å². The maximum Gasteiger partial charge on any atom is 0.220 e. The maximum absolute atomic E-state index is 12.9. The first-order valence-corrected chi connectivity index (χ1v) is 21.2. The molecule has 10 heteroatoms. The molecule has 0 aromatic heterocycles. The lowest BCUT2D eigenvalue weighted by Gasteiger charge is -2.40. The Morgan fingerprint density at radius 1 is 0.673 bits per heavy atom. The van der Waals surface area contributed by atoms with E-state index in [1.807, 2.05) is 0 Å². The number of aliphatic hydroxyl groups excluding tert-OH is 6. The standard InChI is InChI=1S/C42H79NO9/c1-3-5-7-9-11-13-15-17-18-19-21-23-25-27-29-31-37(46)43-34(33-51-42-41(50)40(49)39(48)36(32-44)52-42)38(47)35(45)30-28-26-24-22-20-16-14-12-10-8-6-4-2/h13,15,17-18,34-36,38-42,44-45,47-50H,3-12,14,16,19-33H2,1-2H3,(H,43,46)/b15-13+,18-17+/t34-,35+,36?,38-,39?,40?,41?,42?/m0/s1. The van der Waals surface area contributed by atoms with Crippen LogP contribution in [0, 0.1) is 0 Å². The van der Waals surface area contributed by atoms with E-state index >= 15 is 0 Å². The normalized spacial score (nSPS) is 22.7. The summed E-state index contributed by atoms with van der Waals surface area (Å²) in [6, 6.07) is -0.996. The van der Waals surface area contributed by atoms with Crippen LogP contribution in [0.4, 0.5) is 0 Å². The lowest BCUT2D eigenvalue weighted by Crippen LogP contribution is -2.60. The molecule has 1 aliphatic rings. The van der Waals surface area contributed by atoms with E-state index < -0.39 is 55.6 Å². The molecular weight excluding hydrogens is 662 g/mol. The van der Waals surface area contributed by atoms with Gasteiger partial charge in [-0.15, -0.1) is 0 Å². The number of rotatable bonds is 34. The Bertz CT molecular complexity index is 886. The Hall–Kier alpha value is -1.37. The number of carbonyl (C=O) groups is 1. The molecule has 0 saturated carbocycles. The predicted molar refractivity (Wildman–Crippen MR) is 209 cm³/mol. The fourth-order valence-corrected chi connectivity index (χ4v) is 6.66. The molecule has 52 heavy (non-hydrogen) atoms. The Balaban J connectivity index is 2.47. The summed E-state index contributed by atoms with van der Waals surface area (Å²) in [4.78, 5) is 12.9. The second-order valence-electron chi connectivity index (χ2n) is 15.0. The highest BCUT2D eigenvalue weighted by Gasteiger charge is 2.44. The number of ether oxygens (including phenoxy) is 2. The smallest absolute Gasteiger partial charge is 0.220 e. The van der Waals surface area contributed by atoms with Crippen LogP contribution in [0.1, 0.15) is 174 Å². The molecule has 0 spiro atoms. The number of nitrogens with one attached hydrogen (secondary N) is 1. The summed E-state index contributed by atoms with van der Waals surface area (Å²) in [5.74, 6) is -0.275. The second kappa shape index (κ2) is 33.0. The average molecular weight is 742 g/mol. The topological polar surface area (TPSA) is 169 Å². The first-order valence-electron chi connectivity index (χ1n) is 21.2. The minimum atomic E-state index is -1.61. The van der Waals surface area contributed by atoms with Crippen LogP contribution in [-0.4, -0.2) is 98.7 Å². The van der Waals surface area contributed by atoms with Crippen LogP contribution in [0.25, 0.3) is 0 Å². The molecule has 7 N–H and O–H groups in total. The monoisotopic (exact) mass is 742 g/mol. The van der Waals surface area contributed by atoms with E-state index in [-0.39, 0.29) is 18.9 Å². The average Bonchev–Trinajstić information content (AvgIpc) is 3.14. The molecule has 1 aliphatic heterocycles. The fraction of sp³-hybridized carbons (Fsp3) is 0.881.